The molecule has 0 unspecified atom stereocenters. The standard InChI is InChI=1S/C49H29N3OS/c1-3-11-30(12-4-1)31-19-21-33(22-20-31)48-50-47(32-13-5-2-6-14-32)51-49(52-48)35-24-26-42-41(27-35)46-39-17-8-7-15-36(39)40(29-43(46)53-42)34-23-25-38-37-16-9-10-18-44(37)54-45(38)28-34/h1-29H. The molecule has 0 bridgehead atoms. The molecule has 3 aromatic heterocycles. The van der Waals surface area contributed by atoms with Crippen LogP contribution < -0.4 is 0 Å². The molecule has 5 heteroatoms. The van der Waals surface area contributed by atoms with Crippen molar-refractivity contribution < 1.29 is 4.42 Å². The summed E-state index contributed by atoms with van der Waals surface area (Å²) in [6, 6.07) is 61.5. The average Bonchev–Trinajstić information content (AvgIpc) is 3.81. The van der Waals surface area contributed by atoms with Gasteiger partial charge in [-0.3, -0.25) is 0 Å². The van der Waals surface area contributed by atoms with Crippen LogP contribution in [0, 0.1) is 0 Å². The molecule has 0 radical (unpaired) electrons. The third kappa shape index (κ3) is 5.09. The molecule has 0 aliphatic rings. The molecular formula is C49H29N3OS. The quantitative estimate of drug-likeness (QED) is 0.179. The van der Waals surface area contributed by atoms with Crippen LogP contribution in [0.2, 0.25) is 0 Å². The summed E-state index contributed by atoms with van der Waals surface area (Å²) >= 11 is 1.84. The van der Waals surface area contributed by atoms with Gasteiger partial charge in [-0.1, -0.05) is 140 Å². The first-order valence-electron chi connectivity index (χ1n) is 18.0. The number of furan rings is 1. The molecule has 0 aliphatic carbocycles. The van der Waals surface area contributed by atoms with Crippen LogP contribution in [0.25, 0.3) is 109 Å². The van der Waals surface area contributed by atoms with E-state index in [1.54, 1.807) is 0 Å². The predicted octanol–water partition coefficient (Wildman–Crippen LogP) is 13.6. The molecule has 0 fully saturated rings. The Labute approximate surface area is 314 Å². The first-order valence-corrected chi connectivity index (χ1v) is 18.8. The third-order valence-corrected chi connectivity index (χ3v) is 11.5. The Morgan fingerprint density at radius 1 is 0.333 bits per heavy atom. The number of hydrogen-bond donors (Lipinski definition) is 0. The minimum atomic E-state index is 0.611. The number of nitrogens with zero attached hydrogens (tertiary/aromatic N) is 3. The lowest BCUT2D eigenvalue weighted by Crippen LogP contribution is -2.00. The van der Waals surface area contributed by atoms with Gasteiger partial charge in [0.2, 0.25) is 0 Å². The second kappa shape index (κ2) is 12.3. The molecule has 0 atom stereocenters. The Kier molecular flexibility index (Phi) is 7.00. The van der Waals surface area contributed by atoms with E-state index in [0.717, 1.165) is 55.1 Å². The lowest BCUT2D eigenvalue weighted by molar-refractivity contribution is 0.669. The molecule has 0 saturated heterocycles. The Morgan fingerprint density at radius 3 is 1.63 bits per heavy atom. The molecule has 11 rings (SSSR count). The van der Waals surface area contributed by atoms with Crippen molar-refractivity contribution in [3.8, 4) is 56.4 Å². The SMILES string of the molecule is c1ccc(-c2ccc(-c3nc(-c4ccccc4)nc(-c4ccc5oc6cc(-c7ccc8c(c7)sc7ccccc78)c7ccccc7c6c5c4)n3)cc2)cc1. The maximum Gasteiger partial charge on any atom is 0.164 e. The van der Waals surface area contributed by atoms with Crippen LogP contribution >= 0.6 is 11.3 Å². The summed E-state index contributed by atoms with van der Waals surface area (Å²) in [5.41, 5.74) is 9.09. The number of fused-ring (bicyclic) bond motifs is 8. The highest BCUT2D eigenvalue weighted by Gasteiger charge is 2.18. The number of rotatable bonds is 5. The van der Waals surface area contributed by atoms with Gasteiger partial charge in [0.05, 0.1) is 0 Å². The molecule has 0 saturated carbocycles. The monoisotopic (exact) mass is 707 g/mol. The molecule has 11 aromatic rings. The fraction of sp³-hybridized carbons (Fsp3) is 0. The van der Waals surface area contributed by atoms with Gasteiger partial charge in [-0.15, -0.1) is 11.3 Å². The first kappa shape index (κ1) is 30.7. The normalized spacial score (nSPS) is 11.7. The minimum absolute atomic E-state index is 0.611. The Balaban J connectivity index is 1.06. The van der Waals surface area contributed by atoms with Crippen molar-refractivity contribution in [3.63, 3.8) is 0 Å². The third-order valence-electron chi connectivity index (χ3n) is 10.3. The van der Waals surface area contributed by atoms with Crippen LogP contribution in [-0.4, -0.2) is 15.0 Å². The number of aromatic nitrogens is 3. The molecule has 54 heavy (non-hydrogen) atoms. The van der Waals surface area contributed by atoms with Gasteiger partial charge in [-0.05, 0) is 69.4 Å². The van der Waals surface area contributed by atoms with Crippen LogP contribution in [0.1, 0.15) is 0 Å². The Hall–Kier alpha value is -6.95. The molecule has 0 aliphatic heterocycles. The Morgan fingerprint density at radius 2 is 0.870 bits per heavy atom. The van der Waals surface area contributed by atoms with Gasteiger partial charge in [0.25, 0.3) is 0 Å². The molecular weight excluding hydrogens is 679 g/mol. The predicted molar refractivity (Wildman–Crippen MR) is 225 cm³/mol. The van der Waals surface area contributed by atoms with E-state index in [1.807, 2.05) is 53.8 Å². The zero-order valence-electron chi connectivity index (χ0n) is 28.9. The lowest BCUT2D eigenvalue weighted by atomic mass is 9.94. The smallest absolute Gasteiger partial charge is 0.164 e. The molecule has 3 heterocycles. The van der Waals surface area contributed by atoms with Gasteiger partial charge in [-0.25, -0.2) is 15.0 Å². The zero-order chi connectivity index (χ0) is 35.6. The van der Waals surface area contributed by atoms with Gasteiger partial charge in [-0.2, -0.15) is 0 Å². The topological polar surface area (TPSA) is 51.8 Å². The van der Waals surface area contributed by atoms with Crippen molar-refractivity contribution in [1.29, 1.82) is 0 Å². The summed E-state index contributed by atoms with van der Waals surface area (Å²) in [7, 11) is 0. The molecule has 252 valence electrons. The maximum absolute atomic E-state index is 6.63. The van der Waals surface area contributed by atoms with Crippen molar-refractivity contribution in [2.45, 2.75) is 0 Å². The van der Waals surface area contributed by atoms with Gasteiger partial charge >= 0.3 is 0 Å². The van der Waals surface area contributed by atoms with E-state index in [2.05, 4.69) is 133 Å². The van der Waals surface area contributed by atoms with Gasteiger partial charge in [0.1, 0.15) is 11.2 Å². The van der Waals surface area contributed by atoms with E-state index in [1.165, 1.54) is 36.7 Å². The van der Waals surface area contributed by atoms with Crippen molar-refractivity contribution in [1.82, 2.24) is 15.0 Å². The van der Waals surface area contributed by atoms with E-state index in [0.29, 0.717) is 17.5 Å². The van der Waals surface area contributed by atoms with Crippen molar-refractivity contribution in [2.75, 3.05) is 0 Å². The van der Waals surface area contributed by atoms with E-state index in [4.69, 9.17) is 19.4 Å². The highest BCUT2D eigenvalue weighted by atomic mass is 32.1. The molecule has 0 amide bonds. The largest absolute Gasteiger partial charge is 0.456 e. The van der Waals surface area contributed by atoms with E-state index < -0.39 is 0 Å². The first-order chi connectivity index (χ1) is 26.7. The van der Waals surface area contributed by atoms with Crippen molar-refractivity contribution in [2.24, 2.45) is 0 Å². The average molecular weight is 708 g/mol. The maximum atomic E-state index is 6.63. The second-order valence-corrected chi connectivity index (χ2v) is 14.7. The number of thiophene rings is 1. The highest BCUT2D eigenvalue weighted by molar-refractivity contribution is 7.25. The Bertz CT molecular complexity index is 3200. The summed E-state index contributed by atoms with van der Waals surface area (Å²) in [6.07, 6.45) is 0. The summed E-state index contributed by atoms with van der Waals surface area (Å²) in [5.74, 6) is 1.87. The minimum Gasteiger partial charge on any atom is -0.456 e. The fourth-order valence-corrected chi connectivity index (χ4v) is 8.85. The summed E-state index contributed by atoms with van der Waals surface area (Å²) in [5, 5.41) is 7.05. The summed E-state index contributed by atoms with van der Waals surface area (Å²) in [4.78, 5) is 15.1. The number of benzene rings is 8. The lowest BCUT2D eigenvalue weighted by Gasteiger charge is -2.10. The van der Waals surface area contributed by atoms with Gasteiger partial charge in [0.15, 0.2) is 17.5 Å². The van der Waals surface area contributed by atoms with Crippen LogP contribution in [0.4, 0.5) is 0 Å². The molecule has 0 spiro atoms. The number of hydrogen-bond acceptors (Lipinski definition) is 5. The van der Waals surface area contributed by atoms with Crippen molar-refractivity contribution >= 4 is 64.2 Å². The van der Waals surface area contributed by atoms with Crippen LogP contribution in [0.3, 0.4) is 0 Å². The van der Waals surface area contributed by atoms with Crippen LogP contribution in [0.5, 0.6) is 0 Å². The second-order valence-electron chi connectivity index (χ2n) is 13.6. The molecule has 0 N–H and O–H groups in total. The highest BCUT2D eigenvalue weighted by Crippen LogP contribution is 2.43. The van der Waals surface area contributed by atoms with Crippen LogP contribution in [-0.2, 0) is 0 Å². The van der Waals surface area contributed by atoms with Crippen molar-refractivity contribution in [3.05, 3.63) is 176 Å². The van der Waals surface area contributed by atoms with Gasteiger partial charge < -0.3 is 4.42 Å². The zero-order valence-corrected chi connectivity index (χ0v) is 29.7. The molecule has 8 aromatic carbocycles. The van der Waals surface area contributed by atoms with Crippen LogP contribution in [0.15, 0.2) is 180 Å². The van der Waals surface area contributed by atoms with E-state index in [9.17, 15) is 0 Å². The van der Waals surface area contributed by atoms with E-state index in [-0.39, 0.29) is 0 Å². The summed E-state index contributed by atoms with van der Waals surface area (Å²) < 4.78 is 9.22. The van der Waals surface area contributed by atoms with E-state index >= 15 is 0 Å². The summed E-state index contributed by atoms with van der Waals surface area (Å²) in [6.45, 7) is 0. The van der Waals surface area contributed by atoms with Gasteiger partial charge in [0, 0.05) is 47.6 Å². The molecule has 4 nitrogen and oxygen atoms in total. The fourth-order valence-electron chi connectivity index (χ4n) is 7.71.